The Hall–Kier alpha value is -0.120. The Bertz CT molecular complexity index is 222. The van der Waals surface area contributed by atoms with Crippen LogP contribution in [0.5, 0.6) is 0 Å². The van der Waals surface area contributed by atoms with Crippen molar-refractivity contribution in [2.45, 2.75) is 44.6 Å². The van der Waals surface area contributed by atoms with Gasteiger partial charge < -0.3 is 15.3 Å². The van der Waals surface area contributed by atoms with Crippen LogP contribution in [0.25, 0.3) is 0 Å². The maximum Gasteiger partial charge on any atom is 0.0700 e. The van der Waals surface area contributed by atoms with Gasteiger partial charge in [0.05, 0.1) is 5.60 Å². The predicted octanol–water partition coefficient (Wildman–Crippen LogP) is 1.22. The molecule has 1 heterocycles. The van der Waals surface area contributed by atoms with E-state index in [1.165, 1.54) is 19.3 Å². The summed E-state index contributed by atoms with van der Waals surface area (Å²) in [5.74, 6) is 0.539. The number of fused-ring (bicyclic) bond motifs is 1. The van der Waals surface area contributed by atoms with E-state index in [0.29, 0.717) is 5.92 Å². The number of nitrogens with one attached hydrogen (secondary N) is 1. The van der Waals surface area contributed by atoms with Crippen molar-refractivity contribution in [3.05, 3.63) is 0 Å². The Labute approximate surface area is 99.2 Å². The summed E-state index contributed by atoms with van der Waals surface area (Å²) in [5, 5.41) is 13.9. The topological polar surface area (TPSA) is 35.5 Å². The first-order chi connectivity index (χ1) is 7.74. The van der Waals surface area contributed by atoms with E-state index in [9.17, 15) is 5.11 Å². The fraction of sp³-hybridized carbons (Fsp3) is 1.00. The third-order valence-corrected chi connectivity index (χ3v) is 4.37. The quantitative estimate of drug-likeness (QED) is 0.708. The Morgan fingerprint density at radius 3 is 3.06 bits per heavy atom. The standard InChI is InChI=1S/C13H26N2O/c1-2-14-8-10-15-9-7-13(16)6-4-3-5-12(13)11-15/h12,14,16H,2-11H2,1H3. The highest BCUT2D eigenvalue weighted by atomic mass is 16.3. The van der Waals surface area contributed by atoms with Crippen LogP contribution in [0.4, 0.5) is 0 Å². The van der Waals surface area contributed by atoms with Crippen molar-refractivity contribution in [3.8, 4) is 0 Å². The first-order valence-corrected chi connectivity index (χ1v) is 6.90. The van der Waals surface area contributed by atoms with Crippen molar-refractivity contribution >= 4 is 0 Å². The lowest BCUT2D eigenvalue weighted by atomic mass is 9.71. The van der Waals surface area contributed by atoms with Gasteiger partial charge >= 0.3 is 0 Å². The number of piperidine rings is 1. The molecule has 3 heteroatoms. The maximum atomic E-state index is 10.5. The lowest BCUT2D eigenvalue weighted by Gasteiger charge is -2.47. The minimum Gasteiger partial charge on any atom is -0.390 e. The van der Waals surface area contributed by atoms with Crippen molar-refractivity contribution in [1.29, 1.82) is 0 Å². The molecule has 3 nitrogen and oxygen atoms in total. The molecule has 1 saturated heterocycles. The molecular weight excluding hydrogens is 200 g/mol. The molecule has 0 radical (unpaired) electrons. The number of rotatable bonds is 4. The van der Waals surface area contributed by atoms with E-state index >= 15 is 0 Å². The third-order valence-electron chi connectivity index (χ3n) is 4.37. The molecule has 1 aliphatic carbocycles. The van der Waals surface area contributed by atoms with Crippen molar-refractivity contribution < 1.29 is 5.11 Å². The average molecular weight is 226 g/mol. The first kappa shape index (κ1) is 12.3. The van der Waals surface area contributed by atoms with E-state index in [0.717, 1.165) is 45.6 Å². The zero-order valence-electron chi connectivity index (χ0n) is 10.5. The molecule has 2 rings (SSSR count). The van der Waals surface area contributed by atoms with Gasteiger partial charge in [0, 0.05) is 32.1 Å². The molecule has 2 N–H and O–H groups in total. The van der Waals surface area contributed by atoms with Crippen LogP contribution >= 0.6 is 0 Å². The summed E-state index contributed by atoms with van der Waals surface area (Å²) < 4.78 is 0. The van der Waals surface area contributed by atoms with E-state index < -0.39 is 0 Å². The number of hydrogen-bond acceptors (Lipinski definition) is 3. The first-order valence-electron chi connectivity index (χ1n) is 6.90. The second-order valence-corrected chi connectivity index (χ2v) is 5.45. The summed E-state index contributed by atoms with van der Waals surface area (Å²) in [4.78, 5) is 2.52. The molecule has 0 bridgehead atoms. The molecule has 0 amide bonds. The van der Waals surface area contributed by atoms with Gasteiger partial charge in [-0.05, 0) is 25.8 Å². The summed E-state index contributed by atoms with van der Waals surface area (Å²) in [6.45, 7) is 7.62. The van der Waals surface area contributed by atoms with E-state index in [1.54, 1.807) is 0 Å². The Morgan fingerprint density at radius 2 is 2.25 bits per heavy atom. The number of hydrogen-bond donors (Lipinski definition) is 2. The van der Waals surface area contributed by atoms with Gasteiger partial charge in [-0.15, -0.1) is 0 Å². The van der Waals surface area contributed by atoms with Gasteiger partial charge in [0.15, 0.2) is 0 Å². The van der Waals surface area contributed by atoms with Crippen molar-refractivity contribution in [1.82, 2.24) is 10.2 Å². The van der Waals surface area contributed by atoms with E-state index in [1.807, 2.05) is 0 Å². The van der Waals surface area contributed by atoms with Crippen LogP contribution in [0.1, 0.15) is 39.0 Å². The van der Waals surface area contributed by atoms with Crippen LogP contribution < -0.4 is 5.32 Å². The van der Waals surface area contributed by atoms with Crippen molar-refractivity contribution in [2.75, 3.05) is 32.7 Å². The van der Waals surface area contributed by atoms with Gasteiger partial charge in [-0.1, -0.05) is 19.8 Å². The van der Waals surface area contributed by atoms with Gasteiger partial charge in [-0.2, -0.15) is 0 Å². The molecule has 0 aromatic heterocycles. The zero-order chi connectivity index (χ0) is 11.4. The third kappa shape index (κ3) is 2.76. The molecule has 1 saturated carbocycles. The number of likely N-dealkylation sites (tertiary alicyclic amines) is 1. The summed E-state index contributed by atoms with van der Waals surface area (Å²) in [6, 6.07) is 0. The zero-order valence-corrected chi connectivity index (χ0v) is 10.5. The highest BCUT2D eigenvalue weighted by Gasteiger charge is 2.42. The van der Waals surface area contributed by atoms with Gasteiger partial charge in [-0.25, -0.2) is 0 Å². The number of likely N-dealkylation sites (N-methyl/N-ethyl adjacent to an activating group) is 1. The highest BCUT2D eigenvalue weighted by Crippen LogP contribution is 2.39. The molecule has 94 valence electrons. The lowest BCUT2D eigenvalue weighted by Crippen LogP contribution is -2.54. The van der Waals surface area contributed by atoms with E-state index in [4.69, 9.17) is 0 Å². The number of nitrogens with zero attached hydrogens (tertiary/aromatic N) is 1. The van der Waals surface area contributed by atoms with Gasteiger partial charge in [-0.3, -0.25) is 0 Å². The molecule has 16 heavy (non-hydrogen) atoms. The van der Waals surface area contributed by atoms with Gasteiger partial charge in [0.25, 0.3) is 0 Å². The second kappa shape index (κ2) is 5.48. The van der Waals surface area contributed by atoms with Crippen LogP contribution in [0.3, 0.4) is 0 Å². The molecule has 0 aromatic carbocycles. The van der Waals surface area contributed by atoms with Gasteiger partial charge in [0.2, 0.25) is 0 Å². The molecule has 1 aliphatic heterocycles. The van der Waals surface area contributed by atoms with Crippen molar-refractivity contribution in [3.63, 3.8) is 0 Å². The Kier molecular flexibility index (Phi) is 4.22. The van der Waals surface area contributed by atoms with Crippen molar-refractivity contribution in [2.24, 2.45) is 5.92 Å². The van der Waals surface area contributed by atoms with E-state index in [2.05, 4.69) is 17.1 Å². The summed E-state index contributed by atoms with van der Waals surface area (Å²) in [7, 11) is 0. The highest BCUT2D eigenvalue weighted by molar-refractivity contribution is 4.95. The van der Waals surface area contributed by atoms with E-state index in [-0.39, 0.29) is 5.60 Å². The Balaban J connectivity index is 1.80. The monoisotopic (exact) mass is 226 g/mol. The van der Waals surface area contributed by atoms with Crippen LogP contribution in [0.2, 0.25) is 0 Å². The van der Waals surface area contributed by atoms with Crippen LogP contribution in [0, 0.1) is 5.92 Å². The fourth-order valence-corrected chi connectivity index (χ4v) is 3.26. The normalized spacial score (nSPS) is 36.0. The summed E-state index contributed by atoms with van der Waals surface area (Å²) >= 11 is 0. The fourth-order valence-electron chi connectivity index (χ4n) is 3.26. The SMILES string of the molecule is CCNCCN1CCC2(O)CCCCC2C1. The molecule has 0 spiro atoms. The Morgan fingerprint density at radius 1 is 1.38 bits per heavy atom. The van der Waals surface area contributed by atoms with Crippen LogP contribution in [-0.2, 0) is 0 Å². The second-order valence-electron chi connectivity index (χ2n) is 5.45. The van der Waals surface area contributed by atoms with Crippen LogP contribution in [0.15, 0.2) is 0 Å². The maximum absolute atomic E-state index is 10.5. The predicted molar refractivity (Wildman–Crippen MR) is 66.5 cm³/mol. The van der Waals surface area contributed by atoms with Crippen LogP contribution in [-0.4, -0.2) is 48.3 Å². The smallest absolute Gasteiger partial charge is 0.0700 e. The molecular formula is C13H26N2O. The largest absolute Gasteiger partial charge is 0.390 e. The number of aliphatic hydroxyl groups is 1. The molecule has 2 aliphatic rings. The minimum absolute atomic E-state index is 0.313. The molecule has 2 atom stereocenters. The molecule has 2 fully saturated rings. The summed E-state index contributed by atoms with van der Waals surface area (Å²) in [6.07, 6.45) is 5.80. The molecule has 0 aromatic rings. The summed E-state index contributed by atoms with van der Waals surface area (Å²) in [5.41, 5.74) is -0.313. The average Bonchev–Trinajstić information content (AvgIpc) is 2.29. The molecule has 2 unspecified atom stereocenters. The lowest BCUT2D eigenvalue weighted by molar-refractivity contribution is -0.0949. The minimum atomic E-state index is -0.313. The van der Waals surface area contributed by atoms with Gasteiger partial charge in [0.1, 0.15) is 0 Å².